The van der Waals surface area contributed by atoms with Gasteiger partial charge in [0.25, 0.3) is 0 Å². The van der Waals surface area contributed by atoms with Crippen molar-refractivity contribution in [2.24, 2.45) is 0 Å². The molecule has 2 heterocycles. The summed E-state index contributed by atoms with van der Waals surface area (Å²) in [6.07, 6.45) is 1.83. The summed E-state index contributed by atoms with van der Waals surface area (Å²) in [4.78, 5) is 12.1. The number of rotatable bonds is 0. The highest BCUT2D eigenvalue weighted by Gasteiger charge is 2.09. The smallest absolute Gasteiger partial charge is 0.200 e. The van der Waals surface area contributed by atoms with Crippen molar-refractivity contribution in [3.05, 3.63) is 52.7 Å². The molecule has 108 valence electrons. The van der Waals surface area contributed by atoms with Crippen LogP contribution in [0.3, 0.4) is 0 Å². The maximum atomic E-state index is 12.1. The highest BCUT2D eigenvalue weighted by atomic mass is 16.5. The van der Waals surface area contributed by atoms with Crippen LogP contribution in [0.4, 0.5) is 0 Å². The molecule has 2 aromatic carbocycles. The Bertz CT molecular complexity index is 831. The van der Waals surface area contributed by atoms with Gasteiger partial charge >= 0.3 is 0 Å². The lowest BCUT2D eigenvalue weighted by Gasteiger charge is -2.20. The van der Waals surface area contributed by atoms with Crippen LogP contribution in [0.1, 0.15) is 13.3 Å². The fourth-order valence-electron chi connectivity index (χ4n) is 2.14. The Morgan fingerprint density at radius 3 is 2.43 bits per heavy atom. The molecule has 3 aromatic rings. The van der Waals surface area contributed by atoms with Gasteiger partial charge < -0.3 is 14.3 Å². The summed E-state index contributed by atoms with van der Waals surface area (Å²) in [7, 11) is 0. The van der Waals surface area contributed by atoms with Crippen LogP contribution in [0.15, 0.2) is 51.7 Å². The van der Waals surface area contributed by atoms with Gasteiger partial charge in [-0.05, 0) is 37.6 Å². The fraction of sp³-hybridized carbons (Fsp3) is 0.235. The van der Waals surface area contributed by atoms with E-state index in [0.29, 0.717) is 28.0 Å². The summed E-state index contributed by atoms with van der Waals surface area (Å²) in [5, 5.41) is 10.4. The normalized spacial score (nSPS) is 17.1. The minimum atomic E-state index is -0.0724. The first-order valence-corrected chi connectivity index (χ1v) is 6.91. The van der Waals surface area contributed by atoms with Crippen molar-refractivity contribution >= 4 is 21.9 Å². The van der Waals surface area contributed by atoms with Crippen molar-refractivity contribution in [1.82, 2.24) is 0 Å². The van der Waals surface area contributed by atoms with Crippen LogP contribution in [0, 0.1) is 0 Å². The SMILES string of the molecule is CC1CCO1.O=c1c2ccccc2oc2cc(O)ccc12. The Kier molecular flexibility index (Phi) is 3.62. The van der Waals surface area contributed by atoms with Crippen LogP contribution < -0.4 is 5.43 Å². The third kappa shape index (κ3) is 2.76. The molecule has 4 rings (SSSR count). The summed E-state index contributed by atoms with van der Waals surface area (Å²) >= 11 is 0. The molecule has 1 saturated heterocycles. The molecule has 0 aliphatic carbocycles. The third-order valence-electron chi connectivity index (χ3n) is 3.49. The fourth-order valence-corrected chi connectivity index (χ4v) is 2.14. The highest BCUT2D eigenvalue weighted by Crippen LogP contribution is 2.21. The summed E-state index contributed by atoms with van der Waals surface area (Å²) in [5.74, 6) is 0.0888. The molecule has 4 heteroatoms. The molecule has 1 aromatic heterocycles. The topological polar surface area (TPSA) is 59.7 Å². The van der Waals surface area contributed by atoms with Gasteiger partial charge in [0.15, 0.2) is 0 Å². The highest BCUT2D eigenvalue weighted by molar-refractivity contribution is 5.90. The maximum absolute atomic E-state index is 12.1. The second-order valence-corrected chi connectivity index (χ2v) is 5.08. The quantitative estimate of drug-likeness (QED) is 0.642. The molecule has 0 saturated carbocycles. The third-order valence-corrected chi connectivity index (χ3v) is 3.49. The predicted octanol–water partition coefficient (Wildman–Crippen LogP) is 3.45. The first kappa shape index (κ1) is 13.6. The molecule has 0 bridgehead atoms. The molecule has 1 fully saturated rings. The summed E-state index contributed by atoms with van der Waals surface area (Å²) in [5.41, 5.74) is 0.867. The molecule has 0 radical (unpaired) electrons. The van der Waals surface area contributed by atoms with Crippen LogP contribution >= 0.6 is 0 Å². The van der Waals surface area contributed by atoms with E-state index in [2.05, 4.69) is 6.92 Å². The Balaban J connectivity index is 0.000000225. The van der Waals surface area contributed by atoms with Gasteiger partial charge in [0.1, 0.15) is 16.9 Å². The van der Waals surface area contributed by atoms with Crippen molar-refractivity contribution in [2.75, 3.05) is 6.61 Å². The van der Waals surface area contributed by atoms with Gasteiger partial charge in [-0.3, -0.25) is 4.79 Å². The lowest BCUT2D eigenvalue weighted by atomic mass is 10.1. The molecule has 0 spiro atoms. The van der Waals surface area contributed by atoms with E-state index in [9.17, 15) is 9.90 Å². The van der Waals surface area contributed by atoms with E-state index in [4.69, 9.17) is 9.15 Å². The number of fused-ring (bicyclic) bond motifs is 2. The van der Waals surface area contributed by atoms with Gasteiger partial charge in [-0.2, -0.15) is 0 Å². The van der Waals surface area contributed by atoms with Crippen molar-refractivity contribution < 1.29 is 14.3 Å². The molecule has 1 aliphatic rings. The number of benzene rings is 2. The molecule has 1 unspecified atom stereocenters. The molecule has 1 N–H and O–H groups in total. The monoisotopic (exact) mass is 284 g/mol. The van der Waals surface area contributed by atoms with Crippen LogP contribution in [-0.2, 0) is 4.74 Å². The van der Waals surface area contributed by atoms with Crippen LogP contribution in [-0.4, -0.2) is 17.8 Å². The zero-order valence-corrected chi connectivity index (χ0v) is 11.7. The molecule has 1 atom stereocenters. The zero-order chi connectivity index (χ0) is 14.8. The number of aromatic hydroxyl groups is 1. The number of ether oxygens (including phenoxy) is 1. The largest absolute Gasteiger partial charge is 0.508 e. The first-order chi connectivity index (χ1) is 10.1. The maximum Gasteiger partial charge on any atom is 0.200 e. The van der Waals surface area contributed by atoms with E-state index in [1.807, 2.05) is 0 Å². The van der Waals surface area contributed by atoms with Gasteiger partial charge in [0, 0.05) is 12.7 Å². The first-order valence-electron chi connectivity index (χ1n) is 6.91. The lowest BCUT2D eigenvalue weighted by Crippen LogP contribution is -2.22. The minimum Gasteiger partial charge on any atom is -0.508 e. The molecule has 4 nitrogen and oxygen atoms in total. The standard InChI is InChI=1S/C13H8O3.C4H8O/c14-8-5-6-10-12(7-8)16-11-4-2-1-3-9(11)13(10)15;1-4-2-3-5-4/h1-7,14H;4H,2-3H2,1H3. The molecular formula is C17H16O4. The predicted molar refractivity (Wildman–Crippen MR) is 81.7 cm³/mol. The average molecular weight is 284 g/mol. The Morgan fingerprint density at radius 1 is 1.10 bits per heavy atom. The number of hydrogen-bond acceptors (Lipinski definition) is 4. The van der Waals surface area contributed by atoms with Crippen molar-refractivity contribution in [1.29, 1.82) is 0 Å². The van der Waals surface area contributed by atoms with E-state index in [0.717, 1.165) is 6.61 Å². The van der Waals surface area contributed by atoms with E-state index in [1.54, 1.807) is 30.3 Å². The van der Waals surface area contributed by atoms with Crippen molar-refractivity contribution in [3.63, 3.8) is 0 Å². The number of phenolic OH excluding ortho intramolecular Hbond substituents is 1. The van der Waals surface area contributed by atoms with Crippen LogP contribution in [0.25, 0.3) is 21.9 Å². The number of para-hydroxylation sites is 1. The second kappa shape index (κ2) is 5.58. The van der Waals surface area contributed by atoms with Crippen molar-refractivity contribution in [3.8, 4) is 5.75 Å². The van der Waals surface area contributed by atoms with E-state index in [-0.39, 0.29) is 11.2 Å². The van der Waals surface area contributed by atoms with Gasteiger partial charge in [0.05, 0.1) is 16.9 Å². The minimum absolute atomic E-state index is 0.0724. The Labute approximate surface area is 121 Å². The summed E-state index contributed by atoms with van der Waals surface area (Å²) in [6.45, 7) is 3.07. The van der Waals surface area contributed by atoms with Gasteiger partial charge in [-0.1, -0.05) is 12.1 Å². The van der Waals surface area contributed by atoms with Crippen LogP contribution in [0.5, 0.6) is 5.75 Å². The second-order valence-electron chi connectivity index (χ2n) is 5.08. The van der Waals surface area contributed by atoms with Gasteiger partial charge in [-0.15, -0.1) is 0 Å². The van der Waals surface area contributed by atoms with Crippen LogP contribution in [0.2, 0.25) is 0 Å². The number of phenols is 1. The average Bonchev–Trinajstić information content (AvgIpc) is 2.46. The lowest BCUT2D eigenvalue weighted by molar-refractivity contribution is -0.0375. The molecule has 1 aliphatic heterocycles. The molecular weight excluding hydrogens is 268 g/mol. The summed E-state index contributed by atoms with van der Waals surface area (Å²) in [6, 6.07) is 11.6. The van der Waals surface area contributed by atoms with Gasteiger partial charge in [-0.25, -0.2) is 0 Å². The molecule has 0 amide bonds. The number of hydrogen-bond donors (Lipinski definition) is 1. The Morgan fingerprint density at radius 2 is 1.76 bits per heavy atom. The van der Waals surface area contributed by atoms with Gasteiger partial charge in [0.2, 0.25) is 5.43 Å². The zero-order valence-electron chi connectivity index (χ0n) is 11.7. The van der Waals surface area contributed by atoms with E-state index >= 15 is 0 Å². The summed E-state index contributed by atoms with van der Waals surface area (Å²) < 4.78 is 10.5. The molecule has 21 heavy (non-hydrogen) atoms. The van der Waals surface area contributed by atoms with E-state index < -0.39 is 0 Å². The van der Waals surface area contributed by atoms with Crippen molar-refractivity contribution in [2.45, 2.75) is 19.4 Å². The van der Waals surface area contributed by atoms with E-state index in [1.165, 1.54) is 18.6 Å². The Hall–Kier alpha value is -2.33.